The average molecular weight is 582 g/mol. The van der Waals surface area contributed by atoms with E-state index in [9.17, 15) is 9.90 Å². The van der Waals surface area contributed by atoms with Gasteiger partial charge in [-0.2, -0.15) is 5.26 Å². The van der Waals surface area contributed by atoms with Gasteiger partial charge in [0.05, 0.1) is 17.2 Å². The lowest BCUT2D eigenvalue weighted by Gasteiger charge is -2.38. The smallest absolute Gasteiger partial charge is 0.410 e. The zero-order chi connectivity index (χ0) is 32.1. The molecule has 0 atom stereocenters. The van der Waals surface area contributed by atoms with Gasteiger partial charge < -0.3 is 24.5 Å². The highest BCUT2D eigenvalue weighted by Crippen LogP contribution is 2.29. The summed E-state index contributed by atoms with van der Waals surface area (Å²) < 4.78 is 5.50. The number of nitriles is 1. The molecule has 2 aliphatic heterocycles. The van der Waals surface area contributed by atoms with Crippen molar-refractivity contribution >= 4 is 11.8 Å². The van der Waals surface area contributed by atoms with Gasteiger partial charge in [0.2, 0.25) is 0 Å². The first-order valence-electron chi connectivity index (χ1n) is 15.1. The van der Waals surface area contributed by atoms with Gasteiger partial charge in [-0.25, -0.2) is 4.79 Å². The maximum atomic E-state index is 12.4. The van der Waals surface area contributed by atoms with Gasteiger partial charge in [0, 0.05) is 68.7 Å². The van der Waals surface area contributed by atoms with Crippen molar-refractivity contribution in [2.75, 3.05) is 39.8 Å². The Bertz CT molecular complexity index is 1130. The maximum absolute atomic E-state index is 12.4. The van der Waals surface area contributed by atoms with Gasteiger partial charge in [0.15, 0.2) is 0 Å². The molecule has 0 radical (unpaired) electrons. The molecule has 234 valence electrons. The minimum atomic E-state index is -0.991. The van der Waals surface area contributed by atoms with E-state index in [1.807, 2.05) is 65.1 Å². The highest BCUT2D eigenvalue weighted by Gasteiger charge is 2.30. The first kappa shape index (κ1) is 36.7. The zero-order valence-corrected chi connectivity index (χ0v) is 28.0. The number of carbonyl (C=O) groups is 1. The number of likely N-dealkylation sites (N-methyl/N-ethyl adjacent to an activating group) is 1. The molecule has 0 unspecified atom stereocenters. The molecule has 0 aliphatic carbocycles. The molecule has 2 aliphatic rings. The van der Waals surface area contributed by atoms with Crippen LogP contribution in [-0.4, -0.2) is 82.6 Å². The molecule has 1 fully saturated rings. The Morgan fingerprint density at radius 2 is 1.71 bits per heavy atom. The molecule has 0 saturated carbocycles. The van der Waals surface area contributed by atoms with Gasteiger partial charge in [-0.3, -0.25) is 4.99 Å². The van der Waals surface area contributed by atoms with Crippen LogP contribution in [-0.2, 0) is 4.74 Å². The summed E-state index contributed by atoms with van der Waals surface area (Å²) in [6.45, 7) is 22.9. The lowest BCUT2D eigenvalue weighted by molar-refractivity contribution is 0.0168. The van der Waals surface area contributed by atoms with E-state index in [0.717, 1.165) is 53.9 Å². The molecule has 0 aromatic rings. The van der Waals surface area contributed by atoms with Crippen LogP contribution in [0.5, 0.6) is 0 Å². The summed E-state index contributed by atoms with van der Waals surface area (Å²) in [4.78, 5) is 23.2. The third-order valence-electron chi connectivity index (χ3n) is 6.99. The van der Waals surface area contributed by atoms with Crippen LogP contribution in [0, 0.1) is 11.3 Å². The predicted octanol–water partition coefficient (Wildman–Crippen LogP) is 6.98. The third kappa shape index (κ3) is 11.9. The fourth-order valence-corrected chi connectivity index (χ4v) is 4.80. The number of nitrogens with zero attached hydrogens (tertiary/aromatic N) is 5. The summed E-state index contributed by atoms with van der Waals surface area (Å²) in [7, 11) is 2.06. The monoisotopic (exact) mass is 581 g/mol. The number of aliphatic hydroxyl groups is 1. The second kappa shape index (κ2) is 17.0. The van der Waals surface area contributed by atoms with Crippen LogP contribution in [0.25, 0.3) is 0 Å². The Hall–Kier alpha value is -3.31. The molecule has 42 heavy (non-hydrogen) atoms. The van der Waals surface area contributed by atoms with Crippen molar-refractivity contribution in [1.82, 2.24) is 14.7 Å². The molecule has 2 heterocycles. The van der Waals surface area contributed by atoms with Crippen LogP contribution in [0.15, 0.2) is 63.6 Å². The summed E-state index contributed by atoms with van der Waals surface area (Å²) in [5, 5.41) is 19.5. The van der Waals surface area contributed by atoms with E-state index in [1.165, 1.54) is 5.70 Å². The Kier molecular flexibility index (Phi) is 14.8. The lowest BCUT2D eigenvalue weighted by atomic mass is 9.87. The van der Waals surface area contributed by atoms with Crippen LogP contribution in [0.1, 0.15) is 88.5 Å². The molecule has 0 aromatic heterocycles. The minimum absolute atomic E-state index is 0.267. The highest BCUT2D eigenvalue weighted by molar-refractivity contribution is 6.03. The molecule has 1 amide bonds. The lowest BCUT2D eigenvalue weighted by Crippen LogP contribution is -2.49. The summed E-state index contributed by atoms with van der Waals surface area (Å²) >= 11 is 0. The zero-order valence-electron chi connectivity index (χ0n) is 28.0. The van der Waals surface area contributed by atoms with Crippen molar-refractivity contribution < 1.29 is 14.6 Å². The number of amides is 1. The van der Waals surface area contributed by atoms with Gasteiger partial charge in [0.1, 0.15) is 5.60 Å². The van der Waals surface area contributed by atoms with Gasteiger partial charge >= 0.3 is 6.09 Å². The van der Waals surface area contributed by atoms with Crippen LogP contribution in [0.3, 0.4) is 0 Å². The molecule has 0 aromatic carbocycles. The second-order valence-corrected chi connectivity index (χ2v) is 12.2. The van der Waals surface area contributed by atoms with Crippen molar-refractivity contribution in [3.63, 3.8) is 0 Å². The Balaban J connectivity index is 0.000000609. The van der Waals surface area contributed by atoms with E-state index in [0.29, 0.717) is 26.2 Å². The van der Waals surface area contributed by atoms with E-state index in [2.05, 4.69) is 48.7 Å². The summed E-state index contributed by atoms with van der Waals surface area (Å²) in [5.41, 5.74) is 4.31. The number of hydrogen-bond donors (Lipinski definition) is 1. The quantitative estimate of drug-likeness (QED) is 0.246. The van der Waals surface area contributed by atoms with Gasteiger partial charge in [-0.15, -0.1) is 0 Å². The van der Waals surface area contributed by atoms with E-state index >= 15 is 0 Å². The summed E-state index contributed by atoms with van der Waals surface area (Å²) in [5.74, 6) is 0. The molecular formula is C34H55N5O3. The number of allylic oxidation sites excluding steroid dienone is 6. The number of piperazine rings is 1. The van der Waals surface area contributed by atoms with Gasteiger partial charge in [-0.05, 0) is 86.0 Å². The molecule has 8 heteroatoms. The standard InChI is InChI=1S/C24H41N3O3.C10H14N2/c1-10-12-13-25-18(3)21(20(11-2)24(8,9)29)19(4)26-14-16-27(17-15-26)22(28)30-23(5,6)7;1-3-4-10-7-9(8-11)5-6-12(10)2/h11-13,29H,10,14-17H2,1-9H3;5,7H,3-4,6H2,1-2H3/b13-12+,20-11+,21-19-,25-18+;. The highest BCUT2D eigenvalue weighted by atomic mass is 16.6. The topological polar surface area (TPSA) is 92.4 Å². The molecule has 2 rings (SSSR count). The number of rotatable bonds is 8. The fourth-order valence-electron chi connectivity index (χ4n) is 4.80. The summed E-state index contributed by atoms with van der Waals surface area (Å²) in [6, 6.07) is 2.17. The molecule has 8 nitrogen and oxygen atoms in total. The molecule has 0 bridgehead atoms. The van der Waals surface area contributed by atoms with Crippen LogP contribution in [0.2, 0.25) is 0 Å². The van der Waals surface area contributed by atoms with Crippen molar-refractivity contribution in [2.24, 2.45) is 4.99 Å². The van der Waals surface area contributed by atoms with Crippen LogP contribution in [0.4, 0.5) is 4.79 Å². The van der Waals surface area contributed by atoms with Crippen LogP contribution < -0.4 is 0 Å². The molecule has 0 spiro atoms. The number of aliphatic imine (C=N–C) groups is 1. The number of ether oxygens (including phenoxy) is 1. The first-order chi connectivity index (χ1) is 19.6. The predicted molar refractivity (Wildman–Crippen MR) is 174 cm³/mol. The molecule has 1 N–H and O–H groups in total. The average Bonchev–Trinajstić information content (AvgIpc) is 2.91. The fraction of sp³-hybridized carbons (Fsp3) is 0.618. The Morgan fingerprint density at radius 3 is 2.19 bits per heavy atom. The first-order valence-corrected chi connectivity index (χ1v) is 15.1. The van der Waals surface area contributed by atoms with Crippen molar-refractivity contribution in [1.29, 1.82) is 5.26 Å². The van der Waals surface area contributed by atoms with Crippen molar-refractivity contribution in [3.8, 4) is 6.07 Å². The molecular weight excluding hydrogens is 526 g/mol. The SMILES string of the molecule is CCCC1=CC(C#N)=CCN1C.C\C=C(C(/C(C)=N/C=C/CC)=C(/C)N1CCN(C(=O)OC(C)(C)C)CC1)\C(C)(C)O. The van der Waals surface area contributed by atoms with Crippen molar-refractivity contribution in [2.45, 2.75) is 99.7 Å². The number of hydrogen-bond acceptors (Lipinski definition) is 7. The maximum Gasteiger partial charge on any atom is 0.410 e. The minimum Gasteiger partial charge on any atom is -0.444 e. The van der Waals surface area contributed by atoms with Crippen molar-refractivity contribution in [3.05, 3.63) is 58.6 Å². The Morgan fingerprint density at radius 1 is 1.12 bits per heavy atom. The number of carbonyl (C=O) groups excluding carboxylic acids is 1. The normalized spacial score (nSPS) is 17.6. The van der Waals surface area contributed by atoms with E-state index in [4.69, 9.17) is 10.00 Å². The van der Waals surface area contributed by atoms with E-state index < -0.39 is 11.2 Å². The summed E-state index contributed by atoms with van der Waals surface area (Å²) in [6.07, 6.45) is 12.6. The third-order valence-corrected chi connectivity index (χ3v) is 6.99. The van der Waals surface area contributed by atoms with E-state index in [-0.39, 0.29) is 6.09 Å². The van der Waals surface area contributed by atoms with E-state index in [1.54, 1.807) is 18.7 Å². The molecule has 1 saturated heterocycles. The van der Waals surface area contributed by atoms with Gasteiger partial charge in [0.25, 0.3) is 0 Å². The second-order valence-electron chi connectivity index (χ2n) is 12.2. The Labute approximate surface area is 255 Å². The van der Waals surface area contributed by atoms with Gasteiger partial charge in [-0.1, -0.05) is 32.4 Å². The van der Waals surface area contributed by atoms with Crippen LogP contribution >= 0.6 is 0 Å². The largest absolute Gasteiger partial charge is 0.444 e.